The molecule has 10 nitrogen and oxygen atoms in total. The number of nitrogens with zero attached hydrogens (tertiary/aromatic N) is 3. The van der Waals surface area contributed by atoms with E-state index in [1.54, 1.807) is 20.8 Å². The predicted molar refractivity (Wildman–Crippen MR) is 117 cm³/mol. The number of carbonyl (C=O) groups is 4. The highest BCUT2D eigenvalue weighted by atomic mass is 16.5. The smallest absolute Gasteiger partial charge is 0.358 e. The summed E-state index contributed by atoms with van der Waals surface area (Å²) in [5.74, 6) is -2.22. The van der Waals surface area contributed by atoms with Gasteiger partial charge < -0.3 is 19.7 Å². The molecule has 0 radical (unpaired) electrons. The number of benzene rings is 1. The highest BCUT2D eigenvalue weighted by molar-refractivity contribution is 6.01. The third kappa shape index (κ3) is 5.05. The third-order valence-electron chi connectivity index (χ3n) is 5.39. The molecule has 0 saturated heterocycles. The summed E-state index contributed by atoms with van der Waals surface area (Å²) >= 11 is 0. The van der Waals surface area contributed by atoms with Crippen LogP contribution in [0.25, 0.3) is 0 Å². The summed E-state index contributed by atoms with van der Waals surface area (Å²) < 4.78 is 11.2. The van der Waals surface area contributed by atoms with E-state index < -0.39 is 29.3 Å². The topological polar surface area (TPSA) is 120 Å². The Morgan fingerprint density at radius 1 is 1.15 bits per heavy atom. The molecule has 2 heterocycles. The van der Waals surface area contributed by atoms with Gasteiger partial charge in [0.2, 0.25) is 5.91 Å². The molecule has 33 heavy (non-hydrogen) atoms. The number of nitrogens with one attached hydrogen (secondary N) is 1. The molecule has 0 spiro atoms. The lowest BCUT2D eigenvalue weighted by atomic mass is 9.94. The number of hydrogen-bond donors (Lipinski definition) is 1. The Labute approximate surface area is 191 Å². The van der Waals surface area contributed by atoms with Crippen LogP contribution in [0.1, 0.15) is 52.9 Å². The van der Waals surface area contributed by atoms with E-state index in [2.05, 4.69) is 10.4 Å². The number of carbonyl (C=O) groups excluding carboxylic acids is 4. The zero-order valence-electron chi connectivity index (χ0n) is 19.2. The third-order valence-corrected chi connectivity index (χ3v) is 5.39. The van der Waals surface area contributed by atoms with Gasteiger partial charge in [0.25, 0.3) is 5.91 Å². The van der Waals surface area contributed by atoms with Gasteiger partial charge >= 0.3 is 11.9 Å². The quantitative estimate of drug-likeness (QED) is 0.597. The number of aryl methyl sites for hydroxylation is 1. The standard InChI is InChI=1S/C23H28N4O6/c1-5-32-19(28)12-24-22(31)23(4)14-27-18(11-17(25-27)21(30)33-6-2)20(29)26(23)13-16-9-7-8-15(3)10-16/h7-11H,5-6,12-14H2,1-4H3,(H,24,31)/t23-/m0/s1. The molecule has 2 aromatic rings. The van der Waals surface area contributed by atoms with E-state index in [0.717, 1.165) is 11.1 Å². The lowest BCUT2D eigenvalue weighted by Gasteiger charge is -2.43. The van der Waals surface area contributed by atoms with Gasteiger partial charge in [-0.15, -0.1) is 0 Å². The molecule has 0 bridgehead atoms. The maximum Gasteiger partial charge on any atom is 0.358 e. The molecule has 3 rings (SSSR count). The molecule has 0 fully saturated rings. The normalized spacial score (nSPS) is 17.3. The van der Waals surface area contributed by atoms with Crippen molar-refractivity contribution in [3.63, 3.8) is 0 Å². The van der Waals surface area contributed by atoms with Crippen molar-refractivity contribution < 1.29 is 28.7 Å². The van der Waals surface area contributed by atoms with Gasteiger partial charge in [-0.05, 0) is 33.3 Å². The highest BCUT2D eigenvalue weighted by Gasteiger charge is 2.48. The molecule has 1 aromatic carbocycles. The average Bonchev–Trinajstić information content (AvgIpc) is 3.19. The Morgan fingerprint density at radius 2 is 1.88 bits per heavy atom. The first kappa shape index (κ1) is 24.0. The molecule has 2 amide bonds. The van der Waals surface area contributed by atoms with Crippen molar-refractivity contribution in [3.8, 4) is 0 Å². The van der Waals surface area contributed by atoms with Crippen LogP contribution in [0.15, 0.2) is 30.3 Å². The minimum atomic E-state index is -1.38. The highest BCUT2D eigenvalue weighted by Crippen LogP contribution is 2.29. The van der Waals surface area contributed by atoms with Crippen LogP contribution in [0.2, 0.25) is 0 Å². The summed E-state index contributed by atoms with van der Waals surface area (Å²) in [6, 6.07) is 8.99. The summed E-state index contributed by atoms with van der Waals surface area (Å²) in [7, 11) is 0. The number of esters is 2. The van der Waals surface area contributed by atoms with Crippen molar-refractivity contribution >= 4 is 23.8 Å². The Kier molecular flexibility index (Phi) is 7.15. The largest absolute Gasteiger partial charge is 0.465 e. The van der Waals surface area contributed by atoms with E-state index in [9.17, 15) is 19.2 Å². The lowest BCUT2D eigenvalue weighted by Crippen LogP contribution is -2.64. The lowest BCUT2D eigenvalue weighted by molar-refractivity contribution is -0.145. The minimum absolute atomic E-state index is 0.00600. The van der Waals surface area contributed by atoms with E-state index in [1.165, 1.54) is 15.6 Å². The molecule has 1 atom stereocenters. The van der Waals surface area contributed by atoms with E-state index in [-0.39, 0.29) is 44.2 Å². The van der Waals surface area contributed by atoms with Crippen molar-refractivity contribution in [2.24, 2.45) is 0 Å². The van der Waals surface area contributed by atoms with E-state index in [0.29, 0.717) is 0 Å². The number of fused-ring (bicyclic) bond motifs is 1. The summed E-state index contributed by atoms with van der Waals surface area (Å²) in [6.45, 7) is 7.08. The van der Waals surface area contributed by atoms with Gasteiger partial charge in [0.05, 0.1) is 19.8 Å². The summed E-state index contributed by atoms with van der Waals surface area (Å²) in [4.78, 5) is 52.1. The fraction of sp³-hybridized carbons (Fsp3) is 0.435. The SMILES string of the molecule is CCOC(=O)CNC(=O)[C@]1(C)Cn2nc(C(=O)OCC)cc2C(=O)N1Cc1cccc(C)c1. The van der Waals surface area contributed by atoms with Gasteiger partial charge in [0.1, 0.15) is 17.8 Å². The molecular weight excluding hydrogens is 428 g/mol. The first-order valence-corrected chi connectivity index (χ1v) is 10.8. The number of aromatic nitrogens is 2. The van der Waals surface area contributed by atoms with Gasteiger partial charge in [0.15, 0.2) is 5.69 Å². The van der Waals surface area contributed by atoms with Gasteiger partial charge in [-0.1, -0.05) is 29.8 Å². The first-order chi connectivity index (χ1) is 15.7. The molecule has 0 unspecified atom stereocenters. The predicted octanol–water partition coefficient (Wildman–Crippen LogP) is 1.46. The van der Waals surface area contributed by atoms with Crippen LogP contribution in [-0.4, -0.2) is 63.7 Å². The monoisotopic (exact) mass is 456 g/mol. The molecule has 1 aliphatic rings. The van der Waals surface area contributed by atoms with E-state index in [4.69, 9.17) is 9.47 Å². The second-order valence-electron chi connectivity index (χ2n) is 7.93. The van der Waals surface area contributed by atoms with Crippen LogP contribution < -0.4 is 5.32 Å². The second kappa shape index (κ2) is 9.85. The summed E-state index contributed by atoms with van der Waals surface area (Å²) in [6.07, 6.45) is 0. The molecule has 10 heteroatoms. The van der Waals surface area contributed by atoms with Crippen molar-refractivity contribution in [2.75, 3.05) is 19.8 Å². The zero-order chi connectivity index (χ0) is 24.2. The fourth-order valence-electron chi connectivity index (χ4n) is 3.74. The van der Waals surface area contributed by atoms with Crippen molar-refractivity contribution in [1.82, 2.24) is 20.0 Å². The van der Waals surface area contributed by atoms with Gasteiger partial charge in [0, 0.05) is 12.6 Å². The Morgan fingerprint density at radius 3 is 2.55 bits per heavy atom. The van der Waals surface area contributed by atoms with Gasteiger partial charge in [-0.2, -0.15) is 5.10 Å². The van der Waals surface area contributed by atoms with Crippen molar-refractivity contribution in [2.45, 2.75) is 46.3 Å². The van der Waals surface area contributed by atoms with Crippen molar-refractivity contribution in [1.29, 1.82) is 0 Å². The van der Waals surface area contributed by atoms with Crippen LogP contribution >= 0.6 is 0 Å². The minimum Gasteiger partial charge on any atom is -0.465 e. The van der Waals surface area contributed by atoms with Crippen molar-refractivity contribution in [3.05, 3.63) is 52.8 Å². The fourth-order valence-corrected chi connectivity index (χ4v) is 3.74. The van der Waals surface area contributed by atoms with Crippen LogP contribution in [0.3, 0.4) is 0 Å². The maximum atomic E-state index is 13.5. The van der Waals surface area contributed by atoms with Gasteiger partial charge in [-0.3, -0.25) is 19.1 Å². The van der Waals surface area contributed by atoms with Crippen LogP contribution in [-0.2, 0) is 32.2 Å². The van der Waals surface area contributed by atoms with E-state index in [1.807, 2.05) is 31.2 Å². The number of ether oxygens (including phenoxy) is 2. The molecular formula is C23H28N4O6. The van der Waals surface area contributed by atoms with Crippen LogP contribution in [0.4, 0.5) is 0 Å². The number of hydrogen-bond acceptors (Lipinski definition) is 7. The molecule has 0 saturated carbocycles. The summed E-state index contributed by atoms with van der Waals surface area (Å²) in [5, 5.41) is 6.77. The Bertz CT molecular complexity index is 1080. The average molecular weight is 456 g/mol. The van der Waals surface area contributed by atoms with E-state index >= 15 is 0 Å². The number of amides is 2. The van der Waals surface area contributed by atoms with Crippen LogP contribution in [0, 0.1) is 6.92 Å². The first-order valence-electron chi connectivity index (χ1n) is 10.8. The van der Waals surface area contributed by atoms with Crippen LogP contribution in [0.5, 0.6) is 0 Å². The molecule has 176 valence electrons. The summed E-state index contributed by atoms with van der Waals surface area (Å²) in [5.41, 5.74) is 0.651. The van der Waals surface area contributed by atoms with Gasteiger partial charge in [-0.25, -0.2) is 4.79 Å². The second-order valence-corrected chi connectivity index (χ2v) is 7.93. The number of rotatable bonds is 8. The molecule has 1 N–H and O–H groups in total. The Balaban J connectivity index is 1.97. The molecule has 1 aliphatic heterocycles. The molecule has 1 aromatic heterocycles. The maximum absolute atomic E-state index is 13.5. The zero-order valence-corrected chi connectivity index (χ0v) is 19.2. The Hall–Kier alpha value is -3.69. The molecule has 0 aliphatic carbocycles.